The van der Waals surface area contributed by atoms with Crippen LogP contribution >= 0.6 is 0 Å². The fourth-order valence-electron chi connectivity index (χ4n) is 10.2. The van der Waals surface area contributed by atoms with E-state index >= 15 is 0 Å². The lowest BCUT2D eigenvalue weighted by Crippen LogP contribution is -1.93. The molecule has 0 atom stereocenters. The monoisotopic (exact) mass is 798 g/mol. The predicted molar refractivity (Wildman–Crippen MR) is 261 cm³/mol. The summed E-state index contributed by atoms with van der Waals surface area (Å²) in [6, 6.07) is 71.9. The molecular formula is C59H34N4. The van der Waals surface area contributed by atoms with Crippen molar-refractivity contribution in [2.24, 2.45) is 0 Å². The van der Waals surface area contributed by atoms with Gasteiger partial charge in [-0.1, -0.05) is 121 Å². The van der Waals surface area contributed by atoms with Crippen LogP contribution in [0.2, 0.25) is 0 Å². The molecule has 0 spiro atoms. The van der Waals surface area contributed by atoms with Gasteiger partial charge < -0.3 is 4.57 Å². The van der Waals surface area contributed by atoms with Crippen molar-refractivity contribution in [2.75, 3.05) is 0 Å². The number of nitrogens with zero attached hydrogens (tertiary/aromatic N) is 4. The zero-order valence-electron chi connectivity index (χ0n) is 33.9. The van der Waals surface area contributed by atoms with Gasteiger partial charge in [0.2, 0.25) is 0 Å². The van der Waals surface area contributed by atoms with Crippen molar-refractivity contribution in [1.29, 1.82) is 5.26 Å². The summed E-state index contributed by atoms with van der Waals surface area (Å²) in [7, 11) is 0. The molecule has 290 valence electrons. The Morgan fingerprint density at radius 3 is 1.40 bits per heavy atom. The molecule has 13 rings (SSSR count). The van der Waals surface area contributed by atoms with Crippen molar-refractivity contribution in [3.8, 4) is 67.7 Å². The summed E-state index contributed by atoms with van der Waals surface area (Å²) in [5.41, 5.74) is 15.0. The lowest BCUT2D eigenvalue weighted by atomic mass is 9.86. The highest BCUT2D eigenvalue weighted by Gasteiger charge is 2.21. The average molecular weight is 799 g/mol. The number of pyridine rings is 2. The van der Waals surface area contributed by atoms with E-state index in [0.29, 0.717) is 5.56 Å². The molecule has 0 bridgehead atoms. The second-order valence-corrected chi connectivity index (χ2v) is 16.4. The first-order chi connectivity index (χ1) is 31.2. The fraction of sp³-hybridized carbons (Fsp3) is 0. The molecule has 0 aliphatic carbocycles. The Labute approximate surface area is 362 Å². The molecule has 13 aromatic rings. The maximum atomic E-state index is 10.1. The first-order valence-electron chi connectivity index (χ1n) is 21.3. The maximum Gasteiger partial charge on any atom is 0.0998 e. The van der Waals surface area contributed by atoms with Crippen LogP contribution in [0.3, 0.4) is 0 Å². The van der Waals surface area contributed by atoms with Crippen molar-refractivity contribution < 1.29 is 0 Å². The second-order valence-electron chi connectivity index (χ2n) is 16.4. The first-order valence-corrected chi connectivity index (χ1v) is 21.3. The summed E-state index contributed by atoms with van der Waals surface area (Å²) >= 11 is 0. The first kappa shape index (κ1) is 35.1. The highest BCUT2D eigenvalue weighted by Crippen LogP contribution is 2.46. The topological polar surface area (TPSA) is 54.5 Å². The Bertz CT molecular complexity index is 3880. The van der Waals surface area contributed by atoms with E-state index in [2.05, 4.69) is 168 Å². The minimum atomic E-state index is 0.695. The smallest absolute Gasteiger partial charge is 0.0998 e. The van der Waals surface area contributed by atoms with Crippen LogP contribution in [0.15, 0.2) is 207 Å². The third-order valence-corrected chi connectivity index (χ3v) is 13.1. The van der Waals surface area contributed by atoms with Crippen molar-refractivity contribution in [2.45, 2.75) is 0 Å². The molecule has 0 N–H and O–H groups in total. The molecule has 0 aliphatic heterocycles. The van der Waals surface area contributed by atoms with Gasteiger partial charge in [0.05, 0.1) is 34.1 Å². The number of para-hydroxylation sites is 1. The van der Waals surface area contributed by atoms with E-state index in [9.17, 15) is 5.26 Å². The van der Waals surface area contributed by atoms with E-state index in [0.717, 1.165) is 61.1 Å². The minimum absolute atomic E-state index is 0.695. The van der Waals surface area contributed by atoms with Crippen molar-refractivity contribution in [1.82, 2.24) is 14.5 Å². The van der Waals surface area contributed by atoms with E-state index in [1.54, 1.807) is 0 Å². The van der Waals surface area contributed by atoms with Crippen LogP contribution in [0.1, 0.15) is 5.56 Å². The van der Waals surface area contributed by atoms with Gasteiger partial charge in [-0.25, -0.2) is 0 Å². The zero-order valence-corrected chi connectivity index (χ0v) is 33.9. The molecule has 0 saturated carbocycles. The van der Waals surface area contributed by atoms with Crippen molar-refractivity contribution in [3.05, 3.63) is 212 Å². The summed E-state index contributed by atoms with van der Waals surface area (Å²) in [5, 5.41) is 22.0. The van der Waals surface area contributed by atoms with Gasteiger partial charge in [0, 0.05) is 45.4 Å². The maximum absolute atomic E-state index is 10.1. The van der Waals surface area contributed by atoms with Crippen LogP contribution in [0.5, 0.6) is 0 Å². The number of nitriles is 1. The van der Waals surface area contributed by atoms with Gasteiger partial charge in [-0.3, -0.25) is 9.97 Å². The minimum Gasteiger partial charge on any atom is -0.309 e. The molecule has 4 heteroatoms. The van der Waals surface area contributed by atoms with Gasteiger partial charge in [0.25, 0.3) is 0 Å². The number of hydrogen-bond donors (Lipinski definition) is 0. The fourth-order valence-corrected chi connectivity index (χ4v) is 10.2. The SMILES string of the molecule is N#Cc1ccc2c3c1ccc1c(-c4ccc(-c5ccc6ccc7c(-c8cc(-c9ccccn9)cc(-c9ccccn9)c8)ccc8ccc5c6c87)cc4)ccc(c13)n2-c1ccccc1. The Morgan fingerprint density at radius 2 is 0.825 bits per heavy atom. The standard InChI is InChI=1S/C59H34N4/c60-35-40-20-28-54-58-48(40)25-26-51-46(27-29-55(59(51)58)63(54)44-8-2-1-3-9-44)37-14-12-36(13-15-37)45-21-16-38-19-24-50-47(22-17-39-18-23-49(45)56(38)57(39)50)41-32-42(52-10-4-6-30-61-52)34-43(33-41)53-11-5-7-31-62-53/h1-34H. The number of benzene rings is 10. The van der Waals surface area contributed by atoms with Crippen molar-refractivity contribution in [3.63, 3.8) is 0 Å². The van der Waals surface area contributed by atoms with Gasteiger partial charge >= 0.3 is 0 Å². The van der Waals surface area contributed by atoms with Crippen LogP contribution in [-0.2, 0) is 0 Å². The normalized spacial score (nSPS) is 11.8. The van der Waals surface area contributed by atoms with E-state index < -0.39 is 0 Å². The molecule has 0 amide bonds. The summed E-state index contributed by atoms with van der Waals surface area (Å²) in [5.74, 6) is 0. The van der Waals surface area contributed by atoms with Gasteiger partial charge in [0.15, 0.2) is 0 Å². The lowest BCUT2D eigenvalue weighted by molar-refractivity contribution is 1.18. The van der Waals surface area contributed by atoms with Crippen molar-refractivity contribution >= 4 is 64.9 Å². The molecular weight excluding hydrogens is 765 g/mol. The van der Waals surface area contributed by atoms with E-state index in [4.69, 9.17) is 9.97 Å². The number of hydrogen-bond acceptors (Lipinski definition) is 3. The van der Waals surface area contributed by atoms with Gasteiger partial charge in [-0.05, 0) is 144 Å². The van der Waals surface area contributed by atoms with Crippen LogP contribution in [-0.4, -0.2) is 14.5 Å². The van der Waals surface area contributed by atoms with E-state index in [1.165, 1.54) is 65.3 Å². The summed E-state index contributed by atoms with van der Waals surface area (Å²) in [6.45, 7) is 0. The van der Waals surface area contributed by atoms with Crippen LogP contribution in [0, 0.1) is 11.3 Å². The second kappa shape index (κ2) is 13.7. The molecule has 3 heterocycles. The predicted octanol–water partition coefficient (Wildman–Crippen LogP) is 15.3. The Kier molecular flexibility index (Phi) is 7.63. The zero-order chi connectivity index (χ0) is 41.6. The lowest BCUT2D eigenvalue weighted by Gasteiger charge is -2.17. The van der Waals surface area contributed by atoms with E-state index in [-0.39, 0.29) is 0 Å². The molecule has 0 radical (unpaired) electrons. The quantitative estimate of drug-likeness (QED) is 0.157. The Hall–Kier alpha value is -8.65. The van der Waals surface area contributed by atoms with E-state index in [1.807, 2.05) is 48.8 Å². The number of rotatable bonds is 6. The Balaban J connectivity index is 0.945. The van der Waals surface area contributed by atoms with Gasteiger partial charge in [-0.2, -0.15) is 5.26 Å². The highest BCUT2D eigenvalue weighted by atomic mass is 15.0. The number of aromatic nitrogens is 3. The average Bonchev–Trinajstić information content (AvgIpc) is 3.70. The molecule has 0 aliphatic rings. The molecule has 10 aromatic carbocycles. The molecule has 4 nitrogen and oxygen atoms in total. The third kappa shape index (κ3) is 5.34. The molecule has 3 aromatic heterocycles. The largest absolute Gasteiger partial charge is 0.309 e. The van der Waals surface area contributed by atoms with Gasteiger partial charge in [-0.15, -0.1) is 0 Å². The molecule has 0 unspecified atom stereocenters. The van der Waals surface area contributed by atoms with Gasteiger partial charge in [0.1, 0.15) is 0 Å². The Morgan fingerprint density at radius 1 is 0.365 bits per heavy atom. The molecule has 0 saturated heterocycles. The molecule has 0 fully saturated rings. The van der Waals surface area contributed by atoms with Crippen LogP contribution in [0.25, 0.3) is 126 Å². The molecule has 63 heavy (non-hydrogen) atoms. The van der Waals surface area contributed by atoms with Crippen LogP contribution < -0.4 is 0 Å². The van der Waals surface area contributed by atoms with Crippen LogP contribution in [0.4, 0.5) is 0 Å². The summed E-state index contributed by atoms with van der Waals surface area (Å²) in [4.78, 5) is 9.45. The third-order valence-electron chi connectivity index (χ3n) is 13.1. The summed E-state index contributed by atoms with van der Waals surface area (Å²) in [6.07, 6.45) is 3.70. The highest BCUT2D eigenvalue weighted by molar-refractivity contribution is 6.29. The summed E-state index contributed by atoms with van der Waals surface area (Å²) < 4.78 is 2.33.